The Kier molecular flexibility index (Phi) is 5.53. The molecule has 6 heteroatoms. The molecule has 2 N–H and O–H groups in total. The highest BCUT2D eigenvalue weighted by molar-refractivity contribution is 7.99. The van der Waals surface area contributed by atoms with Crippen LogP contribution in [0.1, 0.15) is 16.7 Å². The molecule has 1 amide bonds. The maximum absolute atomic E-state index is 12.0. The molecule has 5 nitrogen and oxygen atoms in total. The van der Waals surface area contributed by atoms with E-state index in [0.29, 0.717) is 5.56 Å². The normalized spacial score (nSPS) is 11.2. The minimum absolute atomic E-state index is 0.117. The van der Waals surface area contributed by atoms with Crippen LogP contribution in [-0.4, -0.2) is 28.0 Å². The third kappa shape index (κ3) is 4.21. The molecule has 0 aliphatic heterocycles. The third-order valence-electron chi connectivity index (χ3n) is 3.91. The molecule has 0 bridgehead atoms. The van der Waals surface area contributed by atoms with Gasteiger partial charge in [-0.1, -0.05) is 42.1 Å². The Labute approximate surface area is 156 Å². The number of para-hydroxylation sites is 2. The summed E-state index contributed by atoms with van der Waals surface area (Å²) in [6, 6.07) is 14.9. The van der Waals surface area contributed by atoms with Crippen LogP contribution in [-0.2, 0) is 4.79 Å². The van der Waals surface area contributed by atoms with E-state index in [1.54, 1.807) is 24.3 Å². The molecule has 0 spiro atoms. The number of thioether (sulfide) groups is 1. The standard InChI is InChI=1S/C20H19N3O2S/c1-13-6-5-8-16-14(2)10-19(22-20(13)16)26-12-18(25)23-21-11-15-7-3-4-9-17(15)24/h3-11,24H,12H2,1-2H3,(H,23,25)/b21-11+. The third-order valence-corrected chi connectivity index (χ3v) is 4.82. The van der Waals surface area contributed by atoms with Crippen LogP contribution in [0.25, 0.3) is 10.9 Å². The number of aryl methyl sites for hydroxylation is 2. The zero-order chi connectivity index (χ0) is 18.5. The highest BCUT2D eigenvalue weighted by atomic mass is 32.2. The first-order valence-electron chi connectivity index (χ1n) is 8.14. The zero-order valence-corrected chi connectivity index (χ0v) is 15.4. The van der Waals surface area contributed by atoms with Crippen LogP contribution in [0.3, 0.4) is 0 Å². The first kappa shape index (κ1) is 17.9. The van der Waals surface area contributed by atoms with Crippen molar-refractivity contribution in [2.24, 2.45) is 5.10 Å². The topological polar surface area (TPSA) is 74.6 Å². The lowest BCUT2D eigenvalue weighted by molar-refractivity contribution is -0.118. The van der Waals surface area contributed by atoms with Gasteiger partial charge in [0.15, 0.2) is 0 Å². The molecule has 3 rings (SSSR count). The van der Waals surface area contributed by atoms with Crippen LogP contribution in [0.4, 0.5) is 0 Å². The minimum atomic E-state index is -0.231. The molecule has 0 aliphatic carbocycles. The Morgan fingerprint density at radius 1 is 1.19 bits per heavy atom. The maximum Gasteiger partial charge on any atom is 0.250 e. The number of aromatic hydroxyl groups is 1. The van der Waals surface area contributed by atoms with Crippen molar-refractivity contribution < 1.29 is 9.90 Å². The molecule has 1 aromatic heterocycles. The molecular weight excluding hydrogens is 346 g/mol. The number of phenolic OH excluding ortho intramolecular Hbond substituents is 1. The molecule has 0 unspecified atom stereocenters. The highest BCUT2D eigenvalue weighted by Gasteiger charge is 2.08. The Morgan fingerprint density at radius 3 is 2.81 bits per heavy atom. The van der Waals surface area contributed by atoms with E-state index in [4.69, 9.17) is 0 Å². The van der Waals surface area contributed by atoms with E-state index in [1.807, 2.05) is 32.0 Å². The average Bonchev–Trinajstić information content (AvgIpc) is 2.62. The summed E-state index contributed by atoms with van der Waals surface area (Å²) in [4.78, 5) is 16.6. The number of carbonyl (C=O) groups excluding carboxylic acids is 1. The van der Waals surface area contributed by atoms with Crippen molar-refractivity contribution in [1.29, 1.82) is 0 Å². The molecular formula is C20H19N3O2S. The van der Waals surface area contributed by atoms with E-state index in [1.165, 1.54) is 18.0 Å². The van der Waals surface area contributed by atoms with Crippen molar-refractivity contribution in [1.82, 2.24) is 10.4 Å². The summed E-state index contributed by atoms with van der Waals surface area (Å²) in [5.41, 5.74) is 6.23. The number of nitrogens with one attached hydrogen (secondary N) is 1. The highest BCUT2D eigenvalue weighted by Crippen LogP contribution is 2.25. The summed E-state index contributed by atoms with van der Waals surface area (Å²) in [5.74, 6) is 0.0964. The molecule has 3 aromatic rings. The summed E-state index contributed by atoms with van der Waals surface area (Å²) < 4.78 is 0. The number of carbonyl (C=O) groups is 1. The summed E-state index contributed by atoms with van der Waals surface area (Å²) in [7, 11) is 0. The number of fused-ring (bicyclic) bond motifs is 1. The molecule has 132 valence electrons. The number of phenols is 1. The van der Waals surface area contributed by atoms with Gasteiger partial charge in [-0.25, -0.2) is 10.4 Å². The number of pyridine rings is 1. The van der Waals surface area contributed by atoms with Crippen LogP contribution in [0.15, 0.2) is 58.7 Å². The van der Waals surface area contributed by atoms with Crippen molar-refractivity contribution >= 4 is 34.8 Å². The number of amides is 1. The van der Waals surface area contributed by atoms with Crippen LogP contribution in [0.5, 0.6) is 5.75 Å². The molecule has 0 saturated carbocycles. The molecule has 26 heavy (non-hydrogen) atoms. The van der Waals surface area contributed by atoms with Gasteiger partial charge in [-0.2, -0.15) is 5.10 Å². The number of benzene rings is 2. The van der Waals surface area contributed by atoms with Crippen molar-refractivity contribution in [3.63, 3.8) is 0 Å². The summed E-state index contributed by atoms with van der Waals surface area (Å²) >= 11 is 1.37. The SMILES string of the molecule is Cc1cc(SCC(=O)N/N=C/c2ccccc2O)nc2c(C)cccc12. The summed E-state index contributed by atoms with van der Waals surface area (Å²) in [6.07, 6.45) is 1.42. The van der Waals surface area contributed by atoms with E-state index in [0.717, 1.165) is 27.1 Å². The Bertz CT molecular complexity index is 986. The summed E-state index contributed by atoms with van der Waals surface area (Å²) in [5, 5.41) is 15.5. The second-order valence-electron chi connectivity index (χ2n) is 5.89. The van der Waals surface area contributed by atoms with Gasteiger partial charge in [-0.3, -0.25) is 4.79 Å². The van der Waals surface area contributed by atoms with E-state index >= 15 is 0 Å². The second kappa shape index (κ2) is 8.01. The lowest BCUT2D eigenvalue weighted by Crippen LogP contribution is -2.19. The van der Waals surface area contributed by atoms with Crippen LogP contribution in [0.2, 0.25) is 0 Å². The number of hydrogen-bond acceptors (Lipinski definition) is 5. The van der Waals surface area contributed by atoms with E-state index in [-0.39, 0.29) is 17.4 Å². The zero-order valence-electron chi connectivity index (χ0n) is 14.6. The van der Waals surface area contributed by atoms with Crippen LogP contribution in [0, 0.1) is 13.8 Å². The Hall–Kier alpha value is -2.86. The quantitative estimate of drug-likeness (QED) is 0.410. The second-order valence-corrected chi connectivity index (χ2v) is 6.88. The molecule has 0 fully saturated rings. The molecule has 0 aliphatic rings. The molecule has 1 heterocycles. The predicted octanol–water partition coefficient (Wildman–Crippen LogP) is 3.80. The number of aromatic nitrogens is 1. The smallest absolute Gasteiger partial charge is 0.250 e. The molecule has 0 atom stereocenters. The van der Waals surface area contributed by atoms with Gasteiger partial charge < -0.3 is 5.11 Å². The molecule has 2 aromatic carbocycles. The van der Waals surface area contributed by atoms with E-state index < -0.39 is 0 Å². The average molecular weight is 365 g/mol. The minimum Gasteiger partial charge on any atom is -0.507 e. The Morgan fingerprint density at radius 2 is 2.00 bits per heavy atom. The number of hydrazone groups is 1. The van der Waals surface area contributed by atoms with Gasteiger partial charge in [0.1, 0.15) is 5.75 Å². The van der Waals surface area contributed by atoms with Crippen molar-refractivity contribution in [3.8, 4) is 5.75 Å². The lowest BCUT2D eigenvalue weighted by atomic mass is 10.1. The fourth-order valence-corrected chi connectivity index (χ4v) is 3.31. The number of nitrogens with zero attached hydrogens (tertiary/aromatic N) is 2. The van der Waals surface area contributed by atoms with Crippen molar-refractivity contribution in [2.75, 3.05) is 5.75 Å². The van der Waals surface area contributed by atoms with Gasteiger partial charge in [-0.15, -0.1) is 0 Å². The molecule has 0 radical (unpaired) electrons. The first-order chi connectivity index (χ1) is 12.5. The Balaban J connectivity index is 1.62. The van der Waals surface area contributed by atoms with Gasteiger partial charge in [0.05, 0.1) is 22.5 Å². The van der Waals surface area contributed by atoms with E-state index in [2.05, 4.69) is 21.6 Å². The fourth-order valence-electron chi connectivity index (χ4n) is 2.55. The van der Waals surface area contributed by atoms with Crippen molar-refractivity contribution in [2.45, 2.75) is 18.9 Å². The molecule has 0 saturated heterocycles. The van der Waals surface area contributed by atoms with Crippen LogP contribution < -0.4 is 5.43 Å². The van der Waals surface area contributed by atoms with Crippen LogP contribution >= 0.6 is 11.8 Å². The number of rotatable bonds is 5. The van der Waals surface area contributed by atoms with Gasteiger partial charge in [-0.05, 0) is 43.2 Å². The fraction of sp³-hybridized carbons (Fsp3) is 0.150. The van der Waals surface area contributed by atoms with Gasteiger partial charge in [0.2, 0.25) is 5.91 Å². The first-order valence-corrected chi connectivity index (χ1v) is 9.13. The van der Waals surface area contributed by atoms with Crippen molar-refractivity contribution in [3.05, 3.63) is 65.2 Å². The maximum atomic E-state index is 12.0. The summed E-state index contributed by atoms with van der Waals surface area (Å²) in [6.45, 7) is 4.08. The predicted molar refractivity (Wildman–Crippen MR) is 106 cm³/mol. The lowest BCUT2D eigenvalue weighted by Gasteiger charge is -2.08. The number of hydrogen-bond donors (Lipinski definition) is 2. The monoisotopic (exact) mass is 365 g/mol. The van der Waals surface area contributed by atoms with Gasteiger partial charge in [0.25, 0.3) is 0 Å². The van der Waals surface area contributed by atoms with E-state index in [9.17, 15) is 9.90 Å². The largest absolute Gasteiger partial charge is 0.507 e. The van der Waals surface area contributed by atoms with Gasteiger partial charge in [0, 0.05) is 10.9 Å². The van der Waals surface area contributed by atoms with Gasteiger partial charge >= 0.3 is 0 Å².